The highest BCUT2D eigenvalue weighted by Crippen LogP contribution is 2.33. The van der Waals surface area contributed by atoms with Gasteiger partial charge in [-0.15, -0.1) is 0 Å². The Labute approximate surface area is 123 Å². The minimum absolute atomic E-state index is 0.0339. The Balaban J connectivity index is 2.31. The summed E-state index contributed by atoms with van der Waals surface area (Å²) in [5.41, 5.74) is 1.56. The van der Waals surface area contributed by atoms with E-state index in [9.17, 15) is 20.0 Å². The second-order valence-electron chi connectivity index (χ2n) is 5.57. The number of nitro benzene ring substituents is 1. The van der Waals surface area contributed by atoms with Gasteiger partial charge in [0, 0.05) is 24.4 Å². The summed E-state index contributed by atoms with van der Waals surface area (Å²) in [7, 11) is 0. The molecule has 1 N–H and O–H groups in total. The van der Waals surface area contributed by atoms with Crippen molar-refractivity contribution in [1.29, 1.82) is 0 Å². The molecule has 1 aliphatic rings. The summed E-state index contributed by atoms with van der Waals surface area (Å²) < 4.78 is 0. The molecule has 1 aliphatic heterocycles. The zero-order valence-electron chi connectivity index (χ0n) is 12.3. The second-order valence-corrected chi connectivity index (χ2v) is 5.57. The van der Waals surface area contributed by atoms with Crippen LogP contribution in [0.25, 0.3) is 0 Å². The summed E-state index contributed by atoms with van der Waals surface area (Å²) in [6.45, 7) is 4.54. The fourth-order valence-corrected chi connectivity index (χ4v) is 3.01. The number of aryl methyl sites for hydroxylation is 1. The maximum absolute atomic E-state index is 11.5. The number of nitrogens with zero attached hydrogens (tertiary/aromatic N) is 2. The molecule has 0 amide bonds. The molecular formula is C15H20N2O4. The van der Waals surface area contributed by atoms with Crippen LogP contribution in [0.1, 0.15) is 31.7 Å². The lowest BCUT2D eigenvalue weighted by Gasteiger charge is -2.39. The van der Waals surface area contributed by atoms with E-state index in [1.807, 2.05) is 4.90 Å². The molecule has 6 heteroatoms. The fraction of sp³-hybridized carbons (Fsp3) is 0.533. The van der Waals surface area contributed by atoms with Crippen LogP contribution >= 0.6 is 0 Å². The standard InChI is InChI=1S/C15H20N2O4/c1-3-11-6-7-16(14(9-11)15(18)19)13-5-4-12(17(20)21)8-10(13)2/h4-5,8,11,14H,3,6-7,9H2,1-2H3,(H,18,19). The topological polar surface area (TPSA) is 83.7 Å². The van der Waals surface area contributed by atoms with Crippen LogP contribution in [-0.4, -0.2) is 28.6 Å². The number of hydrogen-bond acceptors (Lipinski definition) is 4. The molecule has 2 unspecified atom stereocenters. The van der Waals surface area contributed by atoms with Crippen molar-refractivity contribution in [3.8, 4) is 0 Å². The van der Waals surface area contributed by atoms with Gasteiger partial charge in [-0.25, -0.2) is 4.79 Å². The predicted octanol–water partition coefficient (Wildman–Crippen LogP) is 2.98. The third-order valence-electron chi connectivity index (χ3n) is 4.27. The molecule has 0 radical (unpaired) electrons. The molecule has 1 heterocycles. The van der Waals surface area contributed by atoms with Crippen molar-refractivity contribution >= 4 is 17.3 Å². The van der Waals surface area contributed by atoms with E-state index in [-0.39, 0.29) is 5.69 Å². The number of rotatable bonds is 4. The molecule has 0 spiro atoms. The molecule has 0 aliphatic carbocycles. The van der Waals surface area contributed by atoms with Crippen molar-refractivity contribution in [2.75, 3.05) is 11.4 Å². The lowest BCUT2D eigenvalue weighted by atomic mass is 9.88. The number of carboxylic acids is 1. The Morgan fingerprint density at radius 3 is 2.76 bits per heavy atom. The molecule has 1 fully saturated rings. The van der Waals surface area contributed by atoms with E-state index in [2.05, 4.69) is 6.92 Å². The van der Waals surface area contributed by atoms with Gasteiger partial charge < -0.3 is 10.0 Å². The largest absolute Gasteiger partial charge is 0.480 e. The average Bonchev–Trinajstić information content (AvgIpc) is 2.46. The van der Waals surface area contributed by atoms with Crippen molar-refractivity contribution in [1.82, 2.24) is 0 Å². The van der Waals surface area contributed by atoms with Gasteiger partial charge in [-0.05, 0) is 37.3 Å². The van der Waals surface area contributed by atoms with E-state index in [4.69, 9.17) is 0 Å². The molecule has 1 saturated heterocycles. The molecule has 2 atom stereocenters. The number of nitro groups is 1. The van der Waals surface area contributed by atoms with E-state index >= 15 is 0 Å². The maximum Gasteiger partial charge on any atom is 0.326 e. The first-order valence-electron chi connectivity index (χ1n) is 7.18. The molecule has 1 aromatic rings. The SMILES string of the molecule is CCC1CCN(c2ccc([N+](=O)[O-])cc2C)C(C(=O)O)C1. The average molecular weight is 292 g/mol. The zero-order valence-corrected chi connectivity index (χ0v) is 12.3. The quantitative estimate of drug-likeness (QED) is 0.681. The summed E-state index contributed by atoms with van der Waals surface area (Å²) in [5.74, 6) is -0.397. The van der Waals surface area contributed by atoms with Crippen LogP contribution in [-0.2, 0) is 4.79 Å². The van der Waals surface area contributed by atoms with Crippen LogP contribution in [0, 0.1) is 23.0 Å². The van der Waals surface area contributed by atoms with Gasteiger partial charge >= 0.3 is 5.97 Å². The predicted molar refractivity (Wildman–Crippen MR) is 79.6 cm³/mol. The normalized spacial score (nSPS) is 22.1. The van der Waals surface area contributed by atoms with Crippen molar-refractivity contribution in [2.24, 2.45) is 5.92 Å². The van der Waals surface area contributed by atoms with Crippen LogP contribution in [0.5, 0.6) is 0 Å². The molecule has 6 nitrogen and oxygen atoms in total. The van der Waals surface area contributed by atoms with Crippen LogP contribution in [0.2, 0.25) is 0 Å². The van der Waals surface area contributed by atoms with Crippen LogP contribution in [0.3, 0.4) is 0 Å². The number of aliphatic carboxylic acids is 1. The minimum Gasteiger partial charge on any atom is -0.480 e. The van der Waals surface area contributed by atoms with E-state index in [0.717, 1.165) is 24.1 Å². The van der Waals surface area contributed by atoms with Gasteiger partial charge in [-0.1, -0.05) is 13.3 Å². The van der Waals surface area contributed by atoms with Crippen LogP contribution in [0.4, 0.5) is 11.4 Å². The first-order valence-corrected chi connectivity index (χ1v) is 7.18. The number of non-ortho nitro benzene ring substituents is 1. The monoisotopic (exact) mass is 292 g/mol. The van der Waals surface area contributed by atoms with Gasteiger partial charge in [0.25, 0.3) is 5.69 Å². The summed E-state index contributed by atoms with van der Waals surface area (Å²) in [6, 6.07) is 4.05. The first-order chi connectivity index (χ1) is 9.93. The lowest BCUT2D eigenvalue weighted by Crippen LogP contribution is -2.47. The van der Waals surface area contributed by atoms with E-state index in [0.29, 0.717) is 18.9 Å². The van der Waals surface area contributed by atoms with Gasteiger partial charge in [-0.3, -0.25) is 10.1 Å². The number of benzene rings is 1. The molecule has 114 valence electrons. The minimum atomic E-state index is -0.828. The Morgan fingerprint density at radius 1 is 1.52 bits per heavy atom. The van der Waals surface area contributed by atoms with Crippen LogP contribution in [0.15, 0.2) is 18.2 Å². The van der Waals surface area contributed by atoms with E-state index in [1.54, 1.807) is 13.0 Å². The molecule has 0 bridgehead atoms. The number of carboxylic acid groups (broad SMARTS) is 1. The van der Waals surface area contributed by atoms with Crippen molar-refractivity contribution in [3.05, 3.63) is 33.9 Å². The lowest BCUT2D eigenvalue weighted by molar-refractivity contribution is -0.384. The van der Waals surface area contributed by atoms with E-state index < -0.39 is 16.9 Å². The highest BCUT2D eigenvalue weighted by Gasteiger charge is 2.33. The Kier molecular flexibility index (Phi) is 4.45. The Bertz CT molecular complexity index is 559. The molecule has 0 saturated carbocycles. The van der Waals surface area contributed by atoms with Gasteiger partial charge in [0.2, 0.25) is 0 Å². The zero-order chi connectivity index (χ0) is 15.6. The summed E-state index contributed by atoms with van der Waals surface area (Å²) in [5, 5.41) is 20.3. The Morgan fingerprint density at radius 2 is 2.24 bits per heavy atom. The van der Waals surface area contributed by atoms with Crippen LogP contribution < -0.4 is 4.90 Å². The maximum atomic E-state index is 11.5. The third kappa shape index (κ3) is 3.15. The third-order valence-corrected chi connectivity index (χ3v) is 4.27. The highest BCUT2D eigenvalue weighted by molar-refractivity contribution is 5.79. The fourth-order valence-electron chi connectivity index (χ4n) is 3.01. The van der Waals surface area contributed by atoms with Crippen molar-refractivity contribution in [2.45, 2.75) is 39.2 Å². The van der Waals surface area contributed by atoms with Gasteiger partial charge in [0.05, 0.1) is 4.92 Å². The number of carbonyl (C=O) groups is 1. The molecule has 2 rings (SSSR count). The van der Waals surface area contributed by atoms with Crippen molar-refractivity contribution in [3.63, 3.8) is 0 Å². The summed E-state index contributed by atoms with van der Waals surface area (Å²) in [6.07, 6.45) is 2.57. The second kappa shape index (κ2) is 6.11. The highest BCUT2D eigenvalue weighted by atomic mass is 16.6. The number of piperidine rings is 1. The molecule has 1 aromatic carbocycles. The van der Waals surface area contributed by atoms with E-state index in [1.165, 1.54) is 12.1 Å². The first kappa shape index (κ1) is 15.3. The van der Waals surface area contributed by atoms with Crippen molar-refractivity contribution < 1.29 is 14.8 Å². The molecular weight excluding hydrogens is 272 g/mol. The van der Waals surface area contributed by atoms with Gasteiger partial charge in [-0.2, -0.15) is 0 Å². The Hall–Kier alpha value is -2.11. The summed E-state index contributed by atoms with van der Waals surface area (Å²) in [4.78, 5) is 23.8. The summed E-state index contributed by atoms with van der Waals surface area (Å²) >= 11 is 0. The van der Waals surface area contributed by atoms with Gasteiger partial charge in [0.15, 0.2) is 0 Å². The number of anilines is 1. The number of hydrogen-bond donors (Lipinski definition) is 1. The molecule has 0 aromatic heterocycles. The molecule has 21 heavy (non-hydrogen) atoms. The smallest absolute Gasteiger partial charge is 0.326 e. The van der Waals surface area contributed by atoms with Gasteiger partial charge in [0.1, 0.15) is 6.04 Å².